The van der Waals surface area contributed by atoms with Gasteiger partial charge < -0.3 is 10.5 Å². The van der Waals surface area contributed by atoms with Gasteiger partial charge in [0.05, 0.1) is 29.0 Å². The molecule has 4 nitrogen and oxygen atoms in total. The smallest absolute Gasteiger partial charge is 0.129 e. The van der Waals surface area contributed by atoms with Gasteiger partial charge in [0.2, 0.25) is 0 Å². The fourth-order valence-corrected chi connectivity index (χ4v) is 2.00. The molecule has 1 aromatic carbocycles. The molecule has 1 heterocycles. The van der Waals surface area contributed by atoms with Crippen LogP contribution in [0.25, 0.3) is 0 Å². The fraction of sp³-hybridized carbons (Fsp3) is 0.231. The van der Waals surface area contributed by atoms with Gasteiger partial charge in [-0.3, -0.25) is 4.68 Å². The number of nitrogens with zero attached hydrogens (tertiary/aromatic N) is 2. The molecule has 2 rings (SSSR count). The van der Waals surface area contributed by atoms with Crippen molar-refractivity contribution < 1.29 is 4.74 Å². The van der Waals surface area contributed by atoms with Crippen LogP contribution in [0.5, 0.6) is 5.75 Å². The average molecular weight is 296 g/mol. The summed E-state index contributed by atoms with van der Waals surface area (Å²) < 4.78 is 7.49. The lowest BCUT2D eigenvalue weighted by molar-refractivity contribution is 0.289. The van der Waals surface area contributed by atoms with Gasteiger partial charge in [-0.1, -0.05) is 36.0 Å². The molecule has 0 saturated carbocycles. The molecule has 0 bridgehead atoms. The number of thiocarbonyl (C=S) groups is 1. The van der Waals surface area contributed by atoms with Gasteiger partial charge in [-0.2, -0.15) is 5.10 Å². The van der Waals surface area contributed by atoms with Crippen molar-refractivity contribution in [2.75, 3.05) is 6.61 Å². The Bertz CT molecular complexity index is 597. The Kier molecular flexibility index (Phi) is 4.39. The lowest BCUT2D eigenvalue weighted by atomic mass is 10.2. The monoisotopic (exact) mass is 295 g/mol. The molecule has 6 heteroatoms. The number of ether oxygens (including phenoxy) is 1. The molecule has 0 aliphatic carbocycles. The van der Waals surface area contributed by atoms with Crippen molar-refractivity contribution in [3.05, 3.63) is 46.7 Å². The first kappa shape index (κ1) is 13.8. The first-order chi connectivity index (χ1) is 9.09. The van der Waals surface area contributed by atoms with Crippen LogP contribution in [0.1, 0.15) is 11.3 Å². The van der Waals surface area contributed by atoms with Crippen molar-refractivity contribution in [3.63, 3.8) is 0 Å². The molecule has 0 saturated heterocycles. The molecule has 0 fully saturated rings. The number of para-hydroxylation sites is 1. The minimum Gasteiger partial charge on any atom is -0.491 e. The van der Waals surface area contributed by atoms with E-state index in [0.29, 0.717) is 28.9 Å². The molecule has 0 radical (unpaired) electrons. The van der Waals surface area contributed by atoms with E-state index in [1.165, 1.54) is 0 Å². The topological polar surface area (TPSA) is 53.1 Å². The highest BCUT2D eigenvalue weighted by atomic mass is 35.5. The molecule has 100 valence electrons. The molecule has 0 aliphatic heterocycles. The SMILES string of the molecule is Cc1c(Cl)cnn1CCOc1ccccc1C(N)=S. The van der Waals surface area contributed by atoms with Gasteiger partial charge in [-0.15, -0.1) is 0 Å². The summed E-state index contributed by atoms with van der Waals surface area (Å²) in [6.07, 6.45) is 1.62. The molecule has 2 N–H and O–H groups in total. The van der Waals surface area contributed by atoms with Crippen molar-refractivity contribution in [2.45, 2.75) is 13.5 Å². The number of nitrogens with two attached hydrogens (primary N) is 1. The van der Waals surface area contributed by atoms with E-state index in [1.54, 1.807) is 10.9 Å². The lowest BCUT2D eigenvalue weighted by Crippen LogP contribution is -2.14. The number of aromatic nitrogens is 2. The molecule has 0 unspecified atom stereocenters. The van der Waals surface area contributed by atoms with Gasteiger partial charge in [0, 0.05) is 0 Å². The Labute approximate surface area is 122 Å². The zero-order valence-corrected chi connectivity index (χ0v) is 12.0. The van der Waals surface area contributed by atoms with Crippen LogP contribution in [-0.2, 0) is 6.54 Å². The van der Waals surface area contributed by atoms with Crippen LogP contribution in [-0.4, -0.2) is 21.4 Å². The summed E-state index contributed by atoms with van der Waals surface area (Å²) in [5.41, 5.74) is 7.31. The zero-order chi connectivity index (χ0) is 13.8. The summed E-state index contributed by atoms with van der Waals surface area (Å²) >= 11 is 10.9. The van der Waals surface area contributed by atoms with Crippen LogP contribution in [0, 0.1) is 6.92 Å². The maximum atomic E-state index is 5.93. The summed E-state index contributed by atoms with van der Waals surface area (Å²) in [5, 5.41) is 4.81. The third-order valence-corrected chi connectivity index (χ3v) is 3.35. The van der Waals surface area contributed by atoms with Gasteiger partial charge in [0.25, 0.3) is 0 Å². The molecule has 0 atom stereocenters. The fourth-order valence-electron chi connectivity index (χ4n) is 1.69. The largest absolute Gasteiger partial charge is 0.491 e. The number of hydrogen-bond acceptors (Lipinski definition) is 3. The van der Waals surface area contributed by atoms with Crippen molar-refractivity contribution in [2.24, 2.45) is 5.73 Å². The summed E-state index contributed by atoms with van der Waals surface area (Å²) in [5.74, 6) is 0.686. The summed E-state index contributed by atoms with van der Waals surface area (Å²) in [4.78, 5) is 0.328. The summed E-state index contributed by atoms with van der Waals surface area (Å²) in [6, 6.07) is 7.44. The highest BCUT2D eigenvalue weighted by Gasteiger charge is 2.07. The number of rotatable bonds is 5. The lowest BCUT2D eigenvalue weighted by Gasteiger charge is -2.11. The van der Waals surface area contributed by atoms with E-state index in [4.69, 9.17) is 34.3 Å². The predicted octanol–water partition coefficient (Wildman–Crippen LogP) is 2.56. The molecular weight excluding hydrogens is 282 g/mol. The number of halogens is 1. The second-order valence-corrected chi connectivity index (χ2v) is 4.86. The van der Waals surface area contributed by atoms with Gasteiger partial charge in [0.1, 0.15) is 17.3 Å². The van der Waals surface area contributed by atoms with Crippen molar-refractivity contribution in [3.8, 4) is 5.75 Å². The highest BCUT2D eigenvalue weighted by molar-refractivity contribution is 7.80. The van der Waals surface area contributed by atoms with Crippen LogP contribution >= 0.6 is 23.8 Å². The zero-order valence-electron chi connectivity index (χ0n) is 10.5. The Morgan fingerprint density at radius 3 is 2.84 bits per heavy atom. The van der Waals surface area contributed by atoms with E-state index in [1.807, 2.05) is 31.2 Å². The molecule has 0 spiro atoms. The Morgan fingerprint density at radius 2 is 2.21 bits per heavy atom. The predicted molar refractivity (Wildman–Crippen MR) is 79.8 cm³/mol. The van der Waals surface area contributed by atoms with Crippen LogP contribution in [0.4, 0.5) is 0 Å². The first-order valence-electron chi connectivity index (χ1n) is 5.79. The van der Waals surface area contributed by atoms with Crippen LogP contribution in [0.15, 0.2) is 30.5 Å². The second-order valence-electron chi connectivity index (χ2n) is 4.01. The Morgan fingerprint density at radius 1 is 1.47 bits per heavy atom. The maximum Gasteiger partial charge on any atom is 0.129 e. The van der Waals surface area contributed by atoms with E-state index in [2.05, 4.69) is 5.10 Å². The minimum absolute atomic E-state index is 0.328. The second kappa shape index (κ2) is 6.04. The number of hydrogen-bond donors (Lipinski definition) is 1. The standard InChI is InChI=1S/C13H14ClN3OS/c1-9-11(14)8-16-17(9)6-7-18-12-5-3-2-4-10(12)13(15)19/h2-5,8H,6-7H2,1H3,(H2,15,19). The number of benzene rings is 1. The van der Waals surface area contributed by atoms with Crippen molar-refractivity contribution in [1.82, 2.24) is 9.78 Å². The van der Waals surface area contributed by atoms with Crippen molar-refractivity contribution >= 4 is 28.8 Å². The maximum absolute atomic E-state index is 5.93. The third-order valence-electron chi connectivity index (χ3n) is 2.76. The first-order valence-corrected chi connectivity index (χ1v) is 6.57. The van der Waals surface area contributed by atoms with Gasteiger partial charge in [0.15, 0.2) is 0 Å². The van der Waals surface area contributed by atoms with Crippen LogP contribution < -0.4 is 10.5 Å². The molecule has 0 aliphatic rings. The molecule has 0 amide bonds. The summed E-state index contributed by atoms with van der Waals surface area (Å²) in [7, 11) is 0. The third kappa shape index (κ3) is 3.24. The quantitative estimate of drug-likeness (QED) is 0.861. The van der Waals surface area contributed by atoms with E-state index in [0.717, 1.165) is 11.3 Å². The highest BCUT2D eigenvalue weighted by Crippen LogP contribution is 2.18. The Balaban J connectivity index is 2.00. The molecule has 19 heavy (non-hydrogen) atoms. The van der Waals surface area contributed by atoms with E-state index in [9.17, 15) is 0 Å². The minimum atomic E-state index is 0.328. The van der Waals surface area contributed by atoms with E-state index >= 15 is 0 Å². The van der Waals surface area contributed by atoms with Crippen molar-refractivity contribution in [1.29, 1.82) is 0 Å². The van der Waals surface area contributed by atoms with Gasteiger partial charge in [-0.25, -0.2) is 0 Å². The molecule has 2 aromatic rings. The molecular formula is C13H14ClN3OS. The van der Waals surface area contributed by atoms with Gasteiger partial charge in [-0.05, 0) is 19.1 Å². The van der Waals surface area contributed by atoms with E-state index < -0.39 is 0 Å². The van der Waals surface area contributed by atoms with Gasteiger partial charge >= 0.3 is 0 Å². The normalized spacial score (nSPS) is 10.4. The molecule has 1 aromatic heterocycles. The van der Waals surface area contributed by atoms with Crippen LogP contribution in [0.2, 0.25) is 5.02 Å². The average Bonchev–Trinajstić information content (AvgIpc) is 2.71. The van der Waals surface area contributed by atoms with E-state index in [-0.39, 0.29) is 0 Å². The summed E-state index contributed by atoms with van der Waals surface area (Å²) in [6.45, 7) is 3.00. The van der Waals surface area contributed by atoms with Crippen LogP contribution in [0.3, 0.4) is 0 Å². The Hall–Kier alpha value is -1.59.